The number of rotatable bonds is 3. The summed E-state index contributed by atoms with van der Waals surface area (Å²) in [5.41, 5.74) is 7.28. The van der Waals surface area contributed by atoms with Crippen LogP contribution in [0.4, 0.5) is 5.69 Å². The summed E-state index contributed by atoms with van der Waals surface area (Å²) in [4.78, 5) is 2.27. The molecule has 0 spiro atoms. The maximum atomic E-state index is 9.70. The maximum absolute atomic E-state index is 9.70. The number of anilines is 1. The van der Waals surface area contributed by atoms with Gasteiger partial charge in [-0.2, -0.15) is 0 Å². The Kier molecular flexibility index (Phi) is 3.31. The number of nitrogens with two attached hydrogens (primary N) is 1. The molecule has 1 saturated heterocycles. The van der Waals surface area contributed by atoms with E-state index < -0.39 is 0 Å². The molecule has 0 bridgehead atoms. The van der Waals surface area contributed by atoms with Crippen LogP contribution >= 0.6 is 0 Å². The van der Waals surface area contributed by atoms with Gasteiger partial charge in [-0.25, -0.2) is 0 Å². The maximum Gasteiger partial charge on any atom is 0.120 e. The fourth-order valence-electron chi connectivity index (χ4n) is 2.11. The first-order valence-corrected chi connectivity index (χ1v) is 5.51. The zero-order valence-corrected chi connectivity index (χ0v) is 9.52. The topological polar surface area (TPSA) is 58.7 Å². The third-order valence-electron chi connectivity index (χ3n) is 3.06. The Morgan fingerprint density at radius 3 is 3.06 bits per heavy atom. The first kappa shape index (κ1) is 11.2. The Bertz CT molecular complexity index is 368. The molecule has 1 atom stereocenters. The van der Waals surface area contributed by atoms with Crippen molar-refractivity contribution in [1.29, 1.82) is 0 Å². The van der Waals surface area contributed by atoms with E-state index in [4.69, 9.17) is 10.5 Å². The first-order chi connectivity index (χ1) is 7.69. The van der Waals surface area contributed by atoms with E-state index in [1.54, 1.807) is 19.2 Å². The van der Waals surface area contributed by atoms with Crippen LogP contribution in [0.15, 0.2) is 18.2 Å². The van der Waals surface area contributed by atoms with E-state index in [2.05, 4.69) is 4.90 Å². The van der Waals surface area contributed by atoms with Crippen LogP contribution in [0.2, 0.25) is 0 Å². The molecule has 0 saturated carbocycles. The average molecular weight is 222 g/mol. The molecule has 1 aliphatic rings. The van der Waals surface area contributed by atoms with E-state index in [1.165, 1.54) is 0 Å². The van der Waals surface area contributed by atoms with Crippen LogP contribution < -0.4 is 5.73 Å². The molecule has 16 heavy (non-hydrogen) atoms. The second-order valence-electron chi connectivity index (χ2n) is 4.27. The summed E-state index contributed by atoms with van der Waals surface area (Å²) in [5, 5.41) is 9.70. The molecule has 1 unspecified atom stereocenters. The number of hydrogen-bond acceptors (Lipinski definition) is 4. The van der Waals surface area contributed by atoms with Crippen LogP contribution in [-0.4, -0.2) is 36.3 Å². The van der Waals surface area contributed by atoms with Crippen LogP contribution in [0.1, 0.15) is 12.0 Å². The second kappa shape index (κ2) is 4.72. The molecule has 1 heterocycles. The van der Waals surface area contributed by atoms with E-state index in [0.717, 1.165) is 31.6 Å². The van der Waals surface area contributed by atoms with E-state index in [9.17, 15) is 5.11 Å². The van der Waals surface area contributed by atoms with Crippen LogP contribution in [0.3, 0.4) is 0 Å². The van der Waals surface area contributed by atoms with Crippen molar-refractivity contribution >= 4 is 5.69 Å². The largest absolute Gasteiger partial charge is 0.508 e. The minimum absolute atomic E-state index is 0.315. The smallest absolute Gasteiger partial charge is 0.120 e. The van der Waals surface area contributed by atoms with Gasteiger partial charge in [0.15, 0.2) is 0 Å². The zero-order chi connectivity index (χ0) is 11.5. The number of phenolic OH excluding ortho intramolecular Hbond substituents is 1. The predicted octanol–water partition coefficient (Wildman–Crippen LogP) is 1.20. The first-order valence-electron chi connectivity index (χ1n) is 5.51. The normalized spacial score (nSPS) is 21.4. The molecule has 2 rings (SSSR count). The average Bonchev–Trinajstić information content (AvgIpc) is 2.71. The molecule has 0 radical (unpaired) electrons. The lowest BCUT2D eigenvalue weighted by Gasteiger charge is -2.16. The monoisotopic (exact) mass is 222 g/mol. The van der Waals surface area contributed by atoms with Gasteiger partial charge in [-0.1, -0.05) is 0 Å². The van der Waals surface area contributed by atoms with Crippen molar-refractivity contribution in [3.05, 3.63) is 23.8 Å². The Labute approximate surface area is 95.6 Å². The highest BCUT2D eigenvalue weighted by atomic mass is 16.5. The van der Waals surface area contributed by atoms with Crippen molar-refractivity contribution in [2.75, 3.05) is 25.9 Å². The highest BCUT2D eigenvalue weighted by Gasteiger charge is 2.22. The number of ether oxygens (including phenoxy) is 1. The summed E-state index contributed by atoms with van der Waals surface area (Å²) in [5.74, 6) is 0.315. The SMILES string of the molecule is COC1CCN(Cc2cc(N)ccc2O)C1. The lowest BCUT2D eigenvalue weighted by atomic mass is 10.1. The van der Waals surface area contributed by atoms with Crippen molar-refractivity contribution in [2.45, 2.75) is 19.1 Å². The molecule has 1 aliphatic heterocycles. The van der Waals surface area contributed by atoms with Gasteiger partial charge in [-0.15, -0.1) is 0 Å². The highest BCUT2D eigenvalue weighted by Crippen LogP contribution is 2.23. The van der Waals surface area contributed by atoms with E-state index in [0.29, 0.717) is 17.5 Å². The van der Waals surface area contributed by atoms with E-state index in [1.807, 2.05) is 6.07 Å². The van der Waals surface area contributed by atoms with Gasteiger partial charge in [-0.05, 0) is 24.6 Å². The lowest BCUT2D eigenvalue weighted by Crippen LogP contribution is -2.22. The van der Waals surface area contributed by atoms with Crippen molar-refractivity contribution in [3.63, 3.8) is 0 Å². The predicted molar refractivity (Wildman–Crippen MR) is 63.2 cm³/mol. The molecule has 4 heteroatoms. The fourth-order valence-corrected chi connectivity index (χ4v) is 2.11. The molecular formula is C12H18N2O2. The Morgan fingerprint density at radius 2 is 2.38 bits per heavy atom. The number of nitrogens with zero attached hydrogens (tertiary/aromatic N) is 1. The number of methoxy groups -OCH3 is 1. The number of phenols is 1. The minimum atomic E-state index is 0.315. The molecule has 1 aromatic carbocycles. The molecule has 1 aromatic rings. The van der Waals surface area contributed by atoms with Crippen molar-refractivity contribution in [1.82, 2.24) is 4.90 Å². The number of hydrogen-bond donors (Lipinski definition) is 2. The van der Waals surface area contributed by atoms with Gasteiger partial charge in [0.25, 0.3) is 0 Å². The van der Waals surface area contributed by atoms with Crippen LogP contribution in [0, 0.1) is 0 Å². The molecule has 4 nitrogen and oxygen atoms in total. The van der Waals surface area contributed by atoms with Crippen molar-refractivity contribution < 1.29 is 9.84 Å². The molecule has 0 aromatic heterocycles. The summed E-state index contributed by atoms with van der Waals surface area (Å²) < 4.78 is 5.30. The van der Waals surface area contributed by atoms with Gasteiger partial charge < -0.3 is 15.6 Å². The Morgan fingerprint density at radius 1 is 1.56 bits per heavy atom. The van der Waals surface area contributed by atoms with E-state index >= 15 is 0 Å². The summed E-state index contributed by atoms with van der Waals surface area (Å²) in [7, 11) is 1.74. The zero-order valence-electron chi connectivity index (χ0n) is 9.52. The fraction of sp³-hybridized carbons (Fsp3) is 0.500. The molecular weight excluding hydrogens is 204 g/mol. The van der Waals surface area contributed by atoms with Gasteiger partial charge >= 0.3 is 0 Å². The van der Waals surface area contributed by atoms with E-state index in [-0.39, 0.29) is 0 Å². The molecule has 88 valence electrons. The van der Waals surface area contributed by atoms with Crippen LogP contribution in [0.5, 0.6) is 5.75 Å². The minimum Gasteiger partial charge on any atom is -0.508 e. The lowest BCUT2D eigenvalue weighted by molar-refractivity contribution is 0.107. The van der Waals surface area contributed by atoms with Crippen LogP contribution in [0.25, 0.3) is 0 Å². The van der Waals surface area contributed by atoms with Gasteiger partial charge in [0.2, 0.25) is 0 Å². The Hall–Kier alpha value is -1.26. The third-order valence-corrected chi connectivity index (χ3v) is 3.06. The van der Waals surface area contributed by atoms with Gasteiger partial charge in [0.05, 0.1) is 6.10 Å². The number of aromatic hydroxyl groups is 1. The summed E-state index contributed by atoms with van der Waals surface area (Å²) in [6.45, 7) is 2.66. The summed E-state index contributed by atoms with van der Waals surface area (Å²) in [6.07, 6.45) is 1.38. The number of benzene rings is 1. The molecule has 3 N–H and O–H groups in total. The van der Waals surface area contributed by atoms with Crippen molar-refractivity contribution in [2.24, 2.45) is 0 Å². The standard InChI is InChI=1S/C12H18N2O2/c1-16-11-4-5-14(8-11)7-9-6-10(13)2-3-12(9)15/h2-3,6,11,15H,4-5,7-8,13H2,1H3. The quantitative estimate of drug-likeness (QED) is 0.596. The number of likely N-dealkylation sites (tertiary alicyclic amines) is 1. The number of nitrogen functional groups attached to an aromatic ring is 1. The van der Waals surface area contributed by atoms with Gasteiger partial charge in [-0.3, -0.25) is 4.90 Å². The molecule has 0 aliphatic carbocycles. The molecule has 0 amide bonds. The Balaban J connectivity index is 2.01. The second-order valence-corrected chi connectivity index (χ2v) is 4.27. The third kappa shape index (κ3) is 2.46. The van der Waals surface area contributed by atoms with Gasteiger partial charge in [0.1, 0.15) is 5.75 Å². The highest BCUT2D eigenvalue weighted by molar-refractivity contribution is 5.47. The summed E-state index contributed by atoms with van der Waals surface area (Å²) >= 11 is 0. The summed E-state index contributed by atoms with van der Waals surface area (Å²) in [6, 6.07) is 5.19. The van der Waals surface area contributed by atoms with Gasteiger partial charge in [0, 0.05) is 38.0 Å². The van der Waals surface area contributed by atoms with Crippen LogP contribution in [-0.2, 0) is 11.3 Å². The molecule has 1 fully saturated rings. The van der Waals surface area contributed by atoms with Crippen molar-refractivity contribution in [3.8, 4) is 5.75 Å².